The molecule has 1 aromatic carbocycles. The number of rotatable bonds is 6. The largest absolute Gasteiger partial charge is 0.352 e. The number of benzene rings is 1. The number of hydrogen-bond donors (Lipinski definition) is 1. The standard InChI is InChI=1S/C19H26ClN3O2/c20-17-7-2-1-5-15(17)13-21-18(24)9-12-22-10-3-6-16(14-22)23-11-4-8-19(23)25/h1-2,5,7,16H,3-4,6,8-14H2,(H,21,24)/t16-/m1/s1. The Morgan fingerprint density at radius 2 is 2.08 bits per heavy atom. The van der Waals surface area contributed by atoms with E-state index in [0.29, 0.717) is 36.4 Å². The predicted molar refractivity (Wildman–Crippen MR) is 98.3 cm³/mol. The average Bonchev–Trinajstić information content (AvgIpc) is 3.05. The summed E-state index contributed by atoms with van der Waals surface area (Å²) in [6.07, 6.45) is 4.34. The van der Waals surface area contributed by atoms with Gasteiger partial charge in [0.2, 0.25) is 11.8 Å². The molecule has 2 aliphatic heterocycles. The summed E-state index contributed by atoms with van der Waals surface area (Å²) in [4.78, 5) is 28.4. The van der Waals surface area contributed by atoms with Gasteiger partial charge in [-0.2, -0.15) is 0 Å². The van der Waals surface area contributed by atoms with Gasteiger partial charge in [-0.25, -0.2) is 0 Å². The molecule has 2 fully saturated rings. The van der Waals surface area contributed by atoms with Crippen LogP contribution < -0.4 is 5.32 Å². The molecule has 0 radical (unpaired) electrons. The summed E-state index contributed by atoms with van der Waals surface area (Å²) in [5.41, 5.74) is 0.933. The third-order valence-electron chi connectivity index (χ3n) is 5.12. The van der Waals surface area contributed by atoms with E-state index in [4.69, 9.17) is 11.6 Å². The van der Waals surface area contributed by atoms with Gasteiger partial charge >= 0.3 is 0 Å². The van der Waals surface area contributed by atoms with Gasteiger partial charge in [-0.3, -0.25) is 9.59 Å². The summed E-state index contributed by atoms with van der Waals surface area (Å²) < 4.78 is 0. The maximum Gasteiger partial charge on any atom is 0.222 e. The highest BCUT2D eigenvalue weighted by atomic mass is 35.5. The lowest BCUT2D eigenvalue weighted by molar-refractivity contribution is -0.131. The lowest BCUT2D eigenvalue weighted by atomic mass is 10.0. The first-order valence-electron chi connectivity index (χ1n) is 9.15. The van der Waals surface area contributed by atoms with E-state index >= 15 is 0 Å². The van der Waals surface area contributed by atoms with Crippen LogP contribution in [0.2, 0.25) is 5.02 Å². The third-order valence-corrected chi connectivity index (χ3v) is 5.49. The zero-order valence-electron chi connectivity index (χ0n) is 14.5. The van der Waals surface area contributed by atoms with Crippen LogP contribution in [0.3, 0.4) is 0 Å². The van der Waals surface area contributed by atoms with Crippen LogP contribution in [0.4, 0.5) is 0 Å². The lowest BCUT2D eigenvalue weighted by Crippen LogP contribution is -2.49. The van der Waals surface area contributed by atoms with Gasteiger partial charge in [0, 0.05) is 50.1 Å². The van der Waals surface area contributed by atoms with E-state index in [1.54, 1.807) is 0 Å². The highest BCUT2D eigenvalue weighted by Gasteiger charge is 2.31. The van der Waals surface area contributed by atoms with E-state index < -0.39 is 0 Å². The lowest BCUT2D eigenvalue weighted by Gasteiger charge is -2.37. The minimum atomic E-state index is 0.0410. The second kappa shape index (κ2) is 8.68. The molecule has 0 aliphatic carbocycles. The molecule has 0 spiro atoms. The molecule has 1 N–H and O–H groups in total. The highest BCUT2D eigenvalue weighted by molar-refractivity contribution is 6.31. The number of halogens is 1. The van der Waals surface area contributed by atoms with E-state index in [1.807, 2.05) is 29.2 Å². The van der Waals surface area contributed by atoms with E-state index in [2.05, 4.69) is 10.2 Å². The Morgan fingerprint density at radius 3 is 2.84 bits per heavy atom. The molecule has 2 aliphatic rings. The van der Waals surface area contributed by atoms with Crippen molar-refractivity contribution in [2.75, 3.05) is 26.2 Å². The number of carbonyl (C=O) groups excluding carboxylic acids is 2. The second-order valence-electron chi connectivity index (χ2n) is 6.91. The van der Waals surface area contributed by atoms with Crippen molar-refractivity contribution in [1.82, 2.24) is 15.1 Å². The van der Waals surface area contributed by atoms with Crippen LogP contribution in [0.1, 0.15) is 37.7 Å². The van der Waals surface area contributed by atoms with Crippen LogP contribution in [0.15, 0.2) is 24.3 Å². The number of nitrogens with one attached hydrogen (secondary N) is 1. The van der Waals surface area contributed by atoms with Gasteiger partial charge in [-0.1, -0.05) is 29.8 Å². The van der Waals surface area contributed by atoms with E-state index in [-0.39, 0.29) is 5.91 Å². The summed E-state index contributed by atoms with van der Waals surface area (Å²) in [7, 11) is 0. The molecule has 0 saturated carbocycles. The fourth-order valence-corrected chi connectivity index (χ4v) is 3.93. The smallest absolute Gasteiger partial charge is 0.222 e. The minimum Gasteiger partial charge on any atom is -0.352 e. The summed E-state index contributed by atoms with van der Waals surface area (Å²) in [5.74, 6) is 0.337. The quantitative estimate of drug-likeness (QED) is 0.844. The molecule has 0 unspecified atom stereocenters. The Balaban J connectivity index is 1.41. The van der Waals surface area contributed by atoms with Crippen molar-refractivity contribution >= 4 is 23.4 Å². The number of carbonyl (C=O) groups is 2. The second-order valence-corrected chi connectivity index (χ2v) is 7.31. The molecular formula is C19H26ClN3O2. The van der Waals surface area contributed by atoms with Crippen LogP contribution in [0.5, 0.6) is 0 Å². The topological polar surface area (TPSA) is 52.7 Å². The Bertz CT molecular complexity index is 622. The van der Waals surface area contributed by atoms with Crippen LogP contribution in [0, 0.1) is 0 Å². The summed E-state index contributed by atoms with van der Waals surface area (Å²) in [5, 5.41) is 3.62. The van der Waals surface area contributed by atoms with Crippen LogP contribution in [0.25, 0.3) is 0 Å². The monoisotopic (exact) mass is 363 g/mol. The van der Waals surface area contributed by atoms with Crippen molar-refractivity contribution < 1.29 is 9.59 Å². The summed E-state index contributed by atoms with van der Waals surface area (Å²) in [6, 6.07) is 7.88. The number of piperidine rings is 1. The Labute approximate surface area is 154 Å². The molecule has 2 saturated heterocycles. The van der Waals surface area contributed by atoms with Crippen LogP contribution >= 0.6 is 11.6 Å². The first kappa shape index (κ1) is 18.2. The number of likely N-dealkylation sites (tertiary alicyclic amines) is 2. The minimum absolute atomic E-state index is 0.0410. The summed E-state index contributed by atoms with van der Waals surface area (Å²) in [6.45, 7) is 4.01. The van der Waals surface area contributed by atoms with Crippen molar-refractivity contribution in [2.45, 2.75) is 44.7 Å². The molecule has 6 heteroatoms. The van der Waals surface area contributed by atoms with Gasteiger partial charge < -0.3 is 15.1 Å². The number of hydrogen-bond acceptors (Lipinski definition) is 3. The Kier molecular flexibility index (Phi) is 6.32. The van der Waals surface area contributed by atoms with E-state index in [9.17, 15) is 9.59 Å². The Morgan fingerprint density at radius 1 is 1.24 bits per heavy atom. The zero-order chi connectivity index (χ0) is 17.6. The molecular weight excluding hydrogens is 338 g/mol. The van der Waals surface area contributed by atoms with Gasteiger partial charge in [0.05, 0.1) is 0 Å². The van der Waals surface area contributed by atoms with Crippen molar-refractivity contribution in [3.05, 3.63) is 34.9 Å². The van der Waals surface area contributed by atoms with Gasteiger partial charge in [-0.05, 0) is 37.4 Å². The molecule has 1 aromatic rings. The maximum absolute atomic E-state index is 12.1. The molecule has 0 aromatic heterocycles. The van der Waals surface area contributed by atoms with E-state index in [0.717, 1.165) is 51.0 Å². The van der Waals surface area contributed by atoms with Crippen LogP contribution in [-0.2, 0) is 16.1 Å². The molecule has 25 heavy (non-hydrogen) atoms. The van der Waals surface area contributed by atoms with Crippen molar-refractivity contribution in [2.24, 2.45) is 0 Å². The third kappa shape index (κ3) is 4.95. The van der Waals surface area contributed by atoms with Crippen LogP contribution in [-0.4, -0.2) is 53.8 Å². The molecule has 5 nitrogen and oxygen atoms in total. The number of amides is 2. The molecule has 2 heterocycles. The van der Waals surface area contributed by atoms with Gasteiger partial charge in [0.1, 0.15) is 0 Å². The normalized spacial score (nSPS) is 21.6. The fraction of sp³-hybridized carbons (Fsp3) is 0.579. The van der Waals surface area contributed by atoms with Crippen molar-refractivity contribution in [1.29, 1.82) is 0 Å². The van der Waals surface area contributed by atoms with Crippen molar-refractivity contribution in [3.8, 4) is 0 Å². The zero-order valence-corrected chi connectivity index (χ0v) is 15.3. The molecule has 3 rings (SSSR count). The maximum atomic E-state index is 12.1. The predicted octanol–water partition coefficient (Wildman–Crippen LogP) is 2.43. The molecule has 2 amide bonds. The van der Waals surface area contributed by atoms with E-state index in [1.165, 1.54) is 0 Å². The van der Waals surface area contributed by atoms with Gasteiger partial charge in [-0.15, -0.1) is 0 Å². The first-order chi connectivity index (χ1) is 12.1. The Hall–Kier alpha value is -1.59. The number of nitrogens with zero attached hydrogens (tertiary/aromatic N) is 2. The SMILES string of the molecule is O=C(CCN1CCC[C@@H](N2CCCC2=O)C1)NCc1ccccc1Cl. The van der Waals surface area contributed by atoms with Crippen molar-refractivity contribution in [3.63, 3.8) is 0 Å². The first-order valence-corrected chi connectivity index (χ1v) is 9.53. The van der Waals surface area contributed by atoms with Gasteiger partial charge in [0.15, 0.2) is 0 Å². The molecule has 0 bridgehead atoms. The average molecular weight is 364 g/mol. The fourth-order valence-electron chi connectivity index (χ4n) is 3.73. The molecule has 136 valence electrons. The molecule has 1 atom stereocenters. The summed E-state index contributed by atoms with van der Waals surface area (Å²) >= 11 is 6.10. The van der Waals surface area contributed by atoms with Gasteiger partial charge in [0.25, 0.3) is 0 Å². The highest BCUT2D eigenvalue weighted by Crippen LogP contribution is 2.21.